The number of rotatable bonds is 8. The van der Waals surface area contributed by atoms with E-state index in [2.05, 4.69) is 10.6 Å². The number of methoxy groups -OCH3 is 1. The minimum atomic E-state index is -0.924. The number of hydrogen-bond donors (Lipinski definition) is 3. The number of carbonyl (C=O) groups excluding carboxylic acids is 3. The predicted molar refractivity (Wildman–Crippen MR) is 95.3 cm³/mol. The zero-order chi connectivity index (χ0) is 19.1. The number of primary amides is 1. The smallest absolute Gasteiger partial charge is 0.243 e. The van der Waals surface area contributed by atoms with Gasteiger partial charge in [0.05, 0.1) is 12.1 Å². The van der Waals surface area contributed by atoms with Gasteiger partial charge in [-0.2, -0.15) is 0 Å². The molecule has 138 valence electrons. The van der Waals surface area contributed by atoms with Gasteiger partial charge in [0.1, 0.15) is 17.8 Å². The van der Waals surface area contributed by atoms with Crippen LogP contribution in [0.1, 0.15) is 26.3 Å². The molecule has 0 aliphatic rings. The summed E-state index contributed by atoms with van der Waals surface area (Å²) in [5.74, 6) is -1.10. The summed E-state index contributed by atoms with van der Waals surface area (Å²) in [6.45, 7) is 4.92. The number of nitrogens with one attached hydrogen (secondary N) is 2. The van der Waals surface area contributed by atoms with E-state index in [0.717, 1.165) is 5.56 Å². The molecular formula is C17H24ClN3O4. The predicted octanol–water partition coefficient (Wildman–Crippen LogP) is 1.02. The highest BCUT2D eigenvalue weighted by atomic mass is 35.5. The highest BCUT2D eigenvalue weighted by Gasteiger charge is 2.27. The molecule has 25 heavy (non-hydrogen) atoms. The fourth-order valence-electron chi connectivity index (χ4n) is 2.31. The van der Waals surface area contributed by atoms with Crippen LogP contribution < -0.4 is 21.1 Å². The zero-order valence-corrected chi connectivity index (χ0v) is 15.5. The van der Waals surface area contributed by atoms with Gasteiger partial charge in [-0.15, -0.1) is 0 Å². The van der Waals surface area contributed by atoms with Crippen molar-refractivity contribution in [2.75, 3.05) is 7.11 Å². The lowest BCUT2D eigenvalue weighted by Gasteiger charge is -2.24. The van der Waals surface area contributed by atoms with E-state index in [-0.39, 0.29) is 18.2 Å². The molecule has 0 fully saturated rings. The van der Waals surface area contributed by atoms with Gasteiger partial charge in [0.15, 0.2) is 0 Å². The summed E-state index contributed by atoms with van der Waals surface area (Å²) in [4.78, 5) is 35.4. The van der Waals surface area contributed by atoms with Crippen molar-refractivity contribution in [1.82, 2.24) is 10.6 Å². The Labute approximate surface area is 152 Å². The highest BCUT2D eigenvalue weighted by molar-refractivity contribution is 6.32. The molecule has 1 aromatic rings. The summed E-state index contributed by atoms with van der Waals surface area (Å²) in [5, 5.41) is 5.56. The molecule has 0 aliphatic carbocycles. The molecule has 0 saturated heterocycles. The third kappa shape index (κ3) is 6.26. The van der Waals surface area contributed by atoms with Gasteiger partial charge in [-0.25, -0.2) is 0 Å². The largest absolute Gasteiger partial charge is 0.495 e. The summed E-state index contributed by atoms with van der Waals surface area (Å²) in [6, 6.07) is 3.38. The fraction of sp³-hybridized carbons (Fsp3) is 0.471. The van der Waals surface area contributed by atoms with E-state index in [1.165, 1.54) is 14.0 Å². The van der Waals surface area contributed by atoms with Crippen molar-refractivity contribution in [2.45, 2.75) is 39.3 Å². The monoisotopic (exact) mass is 369 g/mol. The van der Waals surface area contributed by atoms with Crippen LogP contribution in [0.3, 0.4) is 0 Å². The Hall–Kier alpha value is -2.28. The van der Waals surface area contributed by atoms with Crippen LogP contribution in [0.2, 0.25) is 5.02 Å². The normalized spacial score (nSPS) is 13.0. The molecule has 0 aromatic heterocycles. The summed E-state index contributed by atoms with van der Waals surface area (Å²) >= 11 is 6.07. The number of amides is 3. The Balaban J connectivity index is 2.89. The second kappa shape index (κ2) is 9.27. The molecule has 0 bridgehead atoms. The van der Waals surface area contributed by atoms with E-state index in [1.54, 1.807) is 32.0 Å². The van der Waals surface area contributed by atoms with Gasteiger partial charge in [0.25, 0.3) is 0 Å². The summed E-state index contributed by atoms with van der Waals surface area (Å²) in [6.07, 6.45) is 0.176. The van der Waals surface area contributed by atoms with Gasteiger partial charge in [-0.05, 0) is 23.6 Å². The molecule has 0 aliphatic heterocycles. The summed E-state index contributed by atoms with van der Waals surface area (Å²) in [5.41, 5.74) is 6.12. The van der Waals surface area contributed by atoms with Crippen molar-refractivity contribution in [3.05, 3.63) is 28.8 Å². The minimum absolute atomic E-state index is 0.146. The number of benzene rings is 1. The van der Waals surface area contributed by atoms with E-state index in [0.29, 0.717) is 10.8 Å². The van der Waals surface area contributed by atoms with Crippen molar-refractivity contribution in [3.63, 3.8) is 0 Å². The highest BCUT2D eigenvalue weighted by Crippen LogP contribution is 2.25. The number of hydrogen-bond acceptors (Lipinski definition) is 4. The van der Waals surface area contributed by atoms with E-state index in [9.17, 15) is 14.4 Å². The number of halogens is 1. The Morgan fingerprint density at radius 1 is 1.24 bits per heavy atom. The second-order valence-corrected chi connectivity index (χ2v) is 6.47. The lowest BCUT2D eigenvalue weighted by molar-refractivity contribution is -0.131. The molecule has 0 heterocycles. The van der Waals surface area contributed by atoms with Crippen molar-refractivity contribution < 1.29 is 19.1 Å². The molecular weight excluding hydrogens is 346 g/mol. The molecule has 0 radical (unpaired) electrons. The van der Waals surface area contributed by atoms with E-state index >= 15 is 0 Å². The molecule has 0 spiro atoms. The van der Waals surface area contributed by atoms with Crippen LogP contribution in [-0.4, -0.2) is 36.9 Å². The lowest BCUT2D eigenvalue weighted by atomic mass is 10.0. The van der Waals surface area contributed by atoms with Crippen molar-refractivity contribution in [1.29, 1.82) is 0 Å². The van der Waals surface area contributed by atoms with Crippen molar-refractivity contribution >= 4 is 29.3 Å². The van der Waals surface area contributed by atoms with E-state index in [4.69, 9.17) is 22.1 Å². The maximum atomic E-state index is 12.4. The summed E-state index contributed by atoms with van der Waals surface area (Å²) < 4.78 is 5.08. The fourth-order valence-corrected chi connectivity index (χ4v) is 2.59. The van der Waals surface area contributed by atoms with Crippen LogP contribution >= 0.6 is 11.6 Å². The molecule has 1 aromatic carbocycles. The molecule has 4 N–H and O–H groups in total. The second-order valence-electron chi connectivity index (χ2n) is 6.06. The summed E-state index contributed by atoms with van der Waals surface area (Å²) in [7, 11) is 1.50. The van der Waals surface area contributed by atoms with Gasteiger partial charge in [-0.3, -0.25) is 14.4 Å². The SMILES string of the molecule is COc1ccc(C[C@H](NC(=O)[C@H](NC(C)=O)C(C)C)C(N)=O)cc1Cl. The van der Waals surface area contributed by atoms with Gasteiger partial charge in [0.2, 0.25) is 17.7 Å². The lowest BCUT2D eigenvalue weighted by Crippen LogP contribution is -2.55. The molecule has 7 nitrogen and oxygen atoms in total. The Morgan fingerprint density at radius 2 is 1.88 bits per heavy atom. The van der Waals surface area contributed by atoms with Gasteiger partial charge < -0.3 is 21.1 Å². The third-order valence-corrected chi connectivity index (χ3v) is 3.92. The average molecular weight is 370 g/mol. The van der Waals surface area contributed by atoms with E-state index in [1.807, 2.05) is 0 Å². The first-order valence-corrected chi connectivity index (χ1v) is 8.22. The quantitative estimate of drug-likeness (QED) is 0.635. The van der Waals surface area contributed by atoms with Gasteiger partial charge in [-0.1, -0.05) is 31.5 Å². The first-order valence-electron chi connectivity index (χ1n) is 7.84. The zero-order valence-electron chi connectivity index (χ0n) is 14.8. The average Bonchev–Trinajstić information content (AvgIpc) is 2.51. The topological polar surface area (TPSA) is 111 Å². The number of carbonyl (C=O) groups is 3. The Kier molecular flexibility index (Phi) is 7.70. The first-order chi connectivity index (χ1) is 11.6. The van der Waals surface area contributed by atoms with Gasteiger partial charge >= 0.3 is 0 Å². The molecule has 0 saturated carbocycles. The molecule has 1 rings (SSSR count). The maximum Gasteiger partial charge on any atom is 0.243 e. The molecule has 8 heteroatoms. The van der Waals surface area contributed by atoms with Crippen LogP contribution in [-0.2, 0) is 20.8 Å². The van der Waals surface area contributed by atoms with Crippen LogP contribution in [0.15, 0.2) is 18.2 Å². The Morgan fingerprint density at radius 3 is 2.32 bits per heavy atom. The van der Waals surface area contributed by atoms with Crippen LogP contribution in [0, 0.1) is 5.92 Å². The minimum Gasteiger partial charge on any atom is -0.495 e. The van der Waals surface area contributed by atoms with Crippen LogP contribution in [0.25, 0.3) is 0 Å². The van der Waals surface area contributed by atoms with Crippen LogP contribution in [0.5, 0.6) is 5.75 Å². The van der Waals surface area contributed by atoms with E-state index < -0.39 is 23.9 Å². The maximum absolute atomic E-state index is 12.4. The molecule has 2 atom stereocenters. The standard InChI is InChI=1S/C17H24ClN3O4/c1-9(2)15(20-10(3)22)17(24)21-13(16(19)23)8-11-5-6-14(25-4)12(18)7-11/h5-7,9,13,15H,8H2,1-4H3,(H2,19,23)(H,20,22)(H,21,24)/t13-,15+/m0/s1. The first kappa shape index (κ1) is 20.8. The number of nitrogens with two attached hydrogens (primary N) is 1. The van der Waals surface area contributed by atoms with Crippen molar-refractivity contribution in [2.24, 2.45) is 11.7 Å². The Bertz CT molecular complexity index is 649. The number of ether oxygens (including phenoxy) is 1. The molecule has 3 amide bonds. The van der Waals surface area contributed by atoms with Crippen LogP contribution in [0.4, 0.5) is 0 Å². The third-order valence-electron chi connectivity index (χ3n) is 3.62. The van der Waals surface area contributed by atoms with Gasteiger partial charge in [0, 0.05) is 13.3 Å². The van der Waals surface area contributed by atoms with Crippen molar-refractivity contribution in [3.8, 4) is 5.75 Å². The molecule has 0 unspecified atom stereocenters.